The van der Waals surface area contributed by atoms with Gasteiger partial charge in [0.2, 0.25) is 0 Å². The molecule has 0 aromatic carbocycles. The molecule has 1 radical (unpaired) electrons. The number of carbonyl (C=O) groups is 1. The number of rotatable bonds is 0. The van der Waals surface area contributed by atoms with Gasteiger partial charge in [0.25, 0.3) is 0 Å². The molecule has 11 heavy (non-hydrogen) atoms. The molecule has 1 aromatic heterocycles. The van der Waals surface area contributed by atoms with Crippen LogP contribution in [0.1, 0.15) is 5.69 Å². The van der Waals surface area contributed by atoms with Crippen LogP contribution in [0.2, 0.25) is 0 Å². The molecule has 0 N–H and O–H groups in total. The van der Waals surface area contributed by atoms with Gasteiger partial charge in [0, 0.05) is 6.20 Å². The molecular weight excluding hydrogens is 144 g/mol. The van der Waals surface area contributed by atoms with Crippen molar-refractivity contribution in [2.45, 2.75) is 6.61 Å². The number of nitrogens with zero attached hydrogens (tertiary/aromatic N) is 2. The van der Waals surface area contributed by atoms with Crippen LogP contribution in [0.5, 0.6) is 0 Å². The third-order valence-corrected chi connectivity index (χ3v) is 1.41. The molecule has 0 unspecified atom stereocenters. The van der Waals surface area contributed by atoms with E-state index < -0.39 is 6.09 Å². The van der Waals surface area contributed by atoms with Gasteiger partial charge in [0.15, 0.2) is 0 Å². The van der Waals surface area contributed by atoms with Crippen molar-refractivity contribution in [1.29, 1.82) is 0 Å². The first kappa shape index (κ1) is 6.15. The highest BCUT2D eigenvalue weighted by Crippen LogP contribution is 2.17. The van der Waals surface area contributed by atoms with Gasteiger partial charge in [-0.25, -0.2) is 4.79 Å². The Labute approximate surface area is 63.2 Å². The Morgan fingerprint density at radius 3 is 3.36 bits per heavy atom. The van der Waals surface area contributed by atoms with Gasteiger partial charge in [-0.1, -0.05) is 0 Å². The van der Waals surface area contributed by atoms with Gasteiger partial charge in [0.1, 0.15) is 12.3 Å². The summed E-state index contributed by atoms with van der Waals surface area (Å²) in [6, 6.07) is 3.48. The third-order valence-electron chi connectivity index (χ3n) is 1.41. The van der Waals surface area contributed by atoms with E-state index in [2.05, 4.69) is 15.0 Å². The Morgan fingerprint density at radius 2 is 2.45 bits per heavy atom. The van der Waals surface area contributed by atoms with Crippen molar-refractivity contribution in [3.8, 4) is 0 Å². The minimum Gasteiger partial charge on any atom is -0.441 e. The number of hydrogen-bond donors (Lipinski definition) is 0. The highest BCUT2D eigenvalue weighted by atomic mass is 16.5. The van der Waals surface area contributed by atoms with E-state index in [9.17, 15) is 4.79 Å². The fourth-order valence-electron chi connectivity index (χ4n) is 0.903. The Kier molecular flexibility index (Phi) is 1.25. The first-order chi connectivity index (χ1) is 5.36. The molecule has 1 aliphatic rings. The van der Waals surface area contributed by atoms with Crippen molar-refractivity contribution in [2.75, 3.05) is 0 Å². The lowest BCUT2D eigenvalue weighted by atomic mass is 10.3. The van der Waals surface area contributed by atoms with E-state index in [4.69, 9.17) is 0 Å². The first-order valence-corrected chi connectivity index (χ1v) is 3.18. The Morgan fingerprint density at radius 1 is 1.55 bits per heavy atom. The fraction of sp³-hybridized carbons (Fsp3) is 0.143. The quantitative estimate of drug-likeness (QED) is 0.552. The second-order valence-corrected chi connectivity index (χ2v) is 2.14. The molecule has 1 aliphatic heterocycles. The first-order valence-electron chi connectivity index (χ1n) is 3.18. The third kappa shape index (κ3) is 1.02. The van der Waals surface area contributed by atoms with Crippen LogP contribution in [0.3, 0.4) is 0 Å². The van der Waals surface area contributed by atoms with Gasteiger partial charge in [-0.05, 0) is 12.1 Å². The van der Waals surface area contributed by atoms with Crippen molar-refractivity contribution >= 4 is 11.8 Å². The monoisotopic (exact) mass is 149 g/mol. The van der Waals surface area contributed by atoms with E-state index in [-0.39, 0.29) is 6.61 Å². The van der Waals surface area contributed by atoms with Gasteiger partial charge < -0.3 is 4.74 Å². The molecule has 1 amide bonds. The number of aromatic nitrogens is 1. The zero-order valence-electron chi connectivity index (χ0n) is 5.65. The minimum absolute atomic E-state index is 0.235. The number of cyclic esters (lactones) is 1. The molecule has 1 aromatic rings. The van der Waals surface area contributed by atoms with E-state index in [0.717, 1.165) is 0 Å². The largest absolute Gasteiger partial charge is 0.441 e. The lowest BCUT2D eigenvalue weighted by Crippen LogP contribution is -2.19. The average molecular weight is 149 g/mol. The number of hydrogen-bond acceptors (Lipinski definition) is 3. The normalized spacial score (nSPS) is 14.7. The molecule has 2 rings (SSSR count). The summed E-state index contributed by atoms with van der Waals surface area (Å²) in [5.41, 5.74) is 1.33. The maximum Gasteiger partial charge on any atom is 0.434 e. The van der Waals surface area contributed by atoms with Crippen molar-refractivity contribution in [3.05, 3.63) is 24.0 Å². The summed E-state index contributed by atoms with van der Waals surface area (Å²) in [6.07, 6.45) is 1.11. The summed E-state index contributed by atoms with van der Waals surface area (Å²) in [7, 11) is 0. The number of ether oxygens (including phenoxy) is 1. The summed E-state index contributed by atoms with van der Waals surface area (Å²) in [5, 5.41) is 3.62. The van der Waals surface area contributed by atoms with Crippen LogP contribution in [0.4, 0.5) is 10.5 Å². The maximum absolute atomic E-state index is 10.6. The van der Waals surface area contributed by atoms with E-state index in [1.54, 1.807) is 18.3 Å². The maximum atomic E-state index is 10.6. The van der Waals surface area contributed by atoms with Gasteiger partial charge in [0.05, 0.1) is 5.69 Å². The predicted molar refractivity (Wildman–Crippen MR) is 36.2 cm³/mol. The molecule has 0 fully saturated rings. The van der Waals surface area contributed by atoms with Crippen LogP contribution < -0.4 is 5.32 Å². The highest BCUT2D eigenvalue weighted by Gasteiger charge is 2.17. The number of fused-ring (bicyclic) bond motifs is 1. The SMILES string of the molecule is O=C1[N]c2cccnc2CO1. The fourth-order valence-corrected chi connectivity index (χ4v) is 0.903. The summed E-state index contributed by atoms with van der Waals surface area (Å²) >= 11 is 0. The van der Waals surface area contributed by atoms with E-state index in [1.807, 2.05) is 0 Å². The molecule has 4 nitrogen and oxygen atoms in total. The lowest BCUT2D eigenvalue weighted by Gasteiger charge is -2.12. The molecule has 55 valence electrons. The highest BCUT2D eigenvalue weighted by molar-refractivity contribution is 5.75. The standard InChI is InChI=1S/C7H5N2O2/c10-7-9-5-2-1-3-8-6(5)4-11-7/h1-3H,4H2. The minimum atomic E-state index is -0.537. The molecular formula is C7H5N2O2. The van der Waals surface area contributed by atoms with Gasteiger partial charge >= 0.3 is 6.09 Å². The van der Waals surface area contributed by atoms with Crippen LogP contribution in [-0.4, -0.2) is 11.1 Å². The number of pyridine rings is 1. The van der Waals surface area contributed by atoms with E-state index >= 15 is 0 Å². The van der Waals surface area contributed by atoms with Crippen LogP contribution in [-0.2, 0) is 11.3 Å². The van der Waals surface area contributed by atoms with Gasteiger partial charge in [-0.2, -0.15) is 5.32 Å². The molecule has 0 atom stereocenters. The summed E-state index contributed by atoms with van der Waals surface area (Å²) < 4.78 is 4.64. The van der Waals surface area contributed by atoms with Gasteiger partial charge in [-0.3, -0.25) is 4.98 Å². The van der Waals surface area contributed by atoms with Crippen molar-refractivity contribution in [1.82, 2.24) is 10.3 Å². The molecule has 0 bridgehead atoms. The summed E-state index contributed by atoms with van der Waals surface area (Å²) in [4.78, 5) is 14.6. The molecule has 0 aliphatic carbocycles. The second-order valence-electron chi connectivity index (χ2n) is 2.14. The summed E-state index contributed by atoms with van der Waals surface area (Å²) in [6.45, 7) is 0.235. The molecule has 0 spiro atoms. The van der Waals surface area contributed by atoms with Crippen LogP contribution >= 0.6 is 0 Å². The van der Waals surface area contributed by atoms with E-state index in [1.165, 1.54) is 0 Å². The molecule has 2 heterocycles. The zero-order valence-corrected chi connectivity index (χ0v) is 5.65. The Bertz CT molecular complexity index is 298. The Hall–Kier alpha value is -1.58. The smallest absolute Gasteiger partial charge is 0.434 e. The molecule has 4 heteroatoms. The topological polar surface area (TPSA) is 53.3 Å². The average Bonchev–Trinajstić information content (AvgIpc) is 2.04. The summed E-state index contributed by atoms with van der Waals surface area (Å²) in [5.74, 6) is 0. The van der Waals surface area contributed by atoms with E-state index in [0.29, 0.717) is 11.4 Å². The van der Waals surface area contributed by atoms with Crippen LogP contribution in [0, 0.1) is 0 Å². The van der Waals surface area contributed by atoms with Crippen LogP contribution in [0.25, 0.3) is 0 Å². The number of carbonyl (C=O) groups excluding carboxylic acids is 1. The lowest BCUT2D eigenvalue weighted by molar-refractivity contribution is 0.135. The van der Waals surface area contributed by atoms with Crippen molar-refractivity contribution in [2.24, 2.45) is 0 Å². The molecule has 0 saturated heterocycles. The van der Waals surface area contributed by atoms with Crippen molar-refractivity contribution < 1.29 is 9.53 Å². The predicted octanol–water partition coefficient (Wildman–Crippen LogP) is 0.968. The second kappa shape index (κ2) is 2.23. The van der Waals surface area contributed by atoms with Crippen LogP contribution in [0.15, 0.2) is 18.3 Å². The molecule has 0 saturated carbocycles. The van der Waals surface area contributed by atoms with Crippen molar-refractivity contribution in [3.63, 3.8) is 0 Å². The Balaban J connectivity index is 2.41. The van der Waals surface area contributed by atoms with Gasteiger partial charge in [-0.15, -0.1) is 0 Å². The number of amides is 1. The zero-order chi connectivity index (χ0) is 7.68.